The molecule has 3 aromatic rings. The first kappa shape index (κ1) is 21.0. The molecule has 0 amide bonds. The molecule has 0 saturated heterocycles. The molecule has 0 aliphatic heterocycles. The highest BCUT2D eigenvalue weighted by molar-refractivity contribution is 6.76. The molecular formula is C25H31NO3Si. The predicted octanol–water partition coefficient (Wildman–Crippen LogP) is 5.34. The second kappa shape index (κ2) is 8.50. The Kier molecular flexibility index (Phi) is 5.96. The van der Waals surface area contributed by atoms with Crippen LogP contribution >= 0.6 is 0 Å². The number of rotatable bonds is 8. The van der Waals surface area contributed by atoms with E-state index in [0.717, 1.165) is 60.2 Å². The third-order valence-electron chi connectivity index (χ3n) is 6.03. The number of aliphatic hydroxyl groups is 1. The number of hydrogen-bond donors (Lipinski definition) is 1. The van der Waals surface area contributed by atoms with Crippen molar-refractivity contribution in [2.45, 2.75) is 57.8 Å². The van der Waals surface area contributed by atoms with Gasteiger partial charge in [0.2, 0.25) is 0 Å². The number of ether oxygens (including phenoxy) is 1. The van der Waals surface area contributed by atoms with E-state index in [2.05, 4.69) is 24.2 Å². The van der Waals surface area contributed by atoms with E-state index in [1.54, 1.807) is 0 Å². The van der Waals surface area contributed by atoms with Gasteiger partial charge in [0, 0.05) is 36.9 Å². The normalized spacial score (nSPS) is 14.8. The van der Waals surface area contributed by atoms with E-state index in [1.807, 2.05) is 42.5 Å². The minimum atomic E-state index is -1.15. The van der Waals surface area contributed by atoms with Crippen LogP contribution in [0, 0.1) is 0 Å². The van der Waals surface area contributed by atoms with Crippen LogP contribution in [0.25, 0.3) is 10.9 Å². The van der Waals surface area contributed by atoms with E-state index in [1.165, 1.54) is 11.3 Å². The maximum Gasteiger partial charge on any atom is 0.150 e. The van der Waals surface area contributed by atoms with Crippen molar-refractivity contribution in [3.05, 3.63) is 70.4 Å². The minimum Gasteiger partial charge on any atom is -0.384 e. The summed E-state index contributed by atoms with van der Waals surface area (Å²) in [5, 5.41) is 12.3. The summed E-state index contributed by atoms with van der Waals surface area (Å²) in [4.78, 5) is 11.7. The zero-order valence-electron chi connectivity index (χ0n) is 18.1. The smallest absolute Gasteiger partial charge is 0.150 e. The number of aryl methyl sites for hydroxylation is 1. The lowest BCUT2D eigenvalue weighted by Crippen LogP contribution is -2.22. The Balaban J connectivity index is 1.79. The minimum absolute atomic E-state index is 0.491. The molecule has 1 aliphatic rings. The van der Waals surface area contributed by atoms with Gasteiger partial charge >= 0.3 is 0 Å². The van der Waals surface area contributed by atoms with Crippen LogP contribution in [0.2, 0.25) is 25.7 Å². The molecule has 4 nitrogen and oxygen atoms in total. The Labute approximate surface area is 179 Å². The first-order chi connectivity index (χ1) is 14.4. The maximum absolute atomic E-state index is 11.7. The number of nitrogens with zero attached hydrogens (tertiary/aromatic N) is 1. The van der Waals surface area contributed by atoms with Crippen LogP contribution < -0.4 is 0 Å². The summed E-state index contributed by atoms with van der Waals surface area (Å²) < 4.78 is 8.38. The standard InChI is InChI=1S/C25H31NO3Si/c1-30(2,3)13-12-29-17-26-23-11-7-10-20(23)21-14-18(16-27)15-22(24(21)26)25(28)19-8-5-4-6-9-19/h4-6,8-9,14-16,25,28H,7,10-13,17H2,1-3H3. The van der Waals surface area contributed by atoms with Gasteiger partial charge in [0.15, 0.2) is 0 Å². The highest BCUT2D eigenvalue weighted by Gasteiger charge is 2.26. The van der Waals surface area contributed by atoms with Crippen LogP contribution in [0.5, 0.6) is 0 Å². The van der Waals surface area contributed by atoms with Gasteiger partial charge in [-0.15, -0.1) is 0 Å². The van der Waals surface area contributed by atoms with Crippen molar-refractivity contribution in [3.63, 3.8) is 0 Å². The Morgan fingerprint density at radius 3 is 2.63 bits per heavy atom. The Hall–Kier alpha value is -2.21. The maximum atomic E-state index is 11.7. The summed E-state index contributed by atoms with van der Waals surface area (Å²) in [6.07, 6.45) is 3.24. The Bertz CT molecular complexity index is 1050. The number of hydrogen-bond acceptors (Lipinski definition) is 3. The molecule has 4 rings (SSSR count). The largest absolute Gasteiger partial charge is 0.384 e. The Morgan fingerprint density at radius 2 is 1.93 bits per heavy atom. The molecule has 30 heavy (non-hydrogen) atoms. The van der Waals surface area contributed by atoms with Crippen molar-refractivity contribution in [1.82, 2.24) is 4.57 Å². The summed E-state index contributed by atoms with van der Waals surface area (Å²) in [7, 11) is -1.15. The molecule has 0 saturated carbocycles. The van der Waals surface area contributed by atoms with Gasteiger partial charge in [0.1, 0.15) is 19.1 Å². The van der Waals surface area contributed by atoms with Crippen molar-refractivity contribution in [2.75, 3.05) is 6.61 Å². The molecule has 0 spiro atoms. The van der Waals surface area contributed by atoms with Crippen LogP contribution in [-0.4, -0.2) is 30.6 Å². The van der Waals surface area contributed by atoms with Crippen LogP contribution in [0.15, 0.2) is 42.5 Å². The van der Waals surface area contributed by atoms with Crippen molar-refractivity contribution < 1.29 is 14.6 Å². The number of aliphatic hydroxyl groups excluding tert-OH is 1. The van der Waals surface area contributed by atoms with Gasteiger partial charge in [-0.3, -0.25) is 4.79 Å². The molecule has 1 heterocycles. The zero-order chi connectivity index (χ0) is 21.3. The fourth-order valence-electron chi connectivity index (χ4n) is 4.43. The summed E-state index contributed by atoms with van der Waals surface area (Å²) in [5.41, 5.74) is 5.83. The average molecular weight is 422 g/mol. The summed E-state index contributed by atoms with van der Waals surface area (Å²) in [6, 6.07) is 14.6. The van der Waals surface area contributed by atoms with Gasteiger partial charge in [-0.1, -0.05) is 50.0 Å². The first-order valence-corrected chi connectivity index (χ1v) is 14.5. The molecule has 0 fully saturated rings. The highest BCUT2D eigenvalue weighted by Crippen LogP contribution is 2.38. The predicted molar refractivity (Wildman–Crippen MR) is 124 cm³/mol. The van der Waals surface area contributed by atoms with Crippen molar-refractivity contribution >= 4 is 25.3 Å². The number of aromatic nitrogens is 1. The molecule has 158 valence electrons. The van der Waals surface area contributed by atoms with Crippen LogP contribution in [-0.2, 0) is 24.3 Å². The molecule has 5 heteroatoms. The molecule has 0 radical (unpaired) electrons. The van der Waals surface area contributed by atoms with Crippen molar-refractivity contribution in [2.24, 2.45) is 0 Å². The number of aldehydes is 1. The SMILES string of the molecule is C[Si](C)(C)CCOCn1c2c(c3cc(C=O)cc(C(O)c4ccccc4)c31)CCC2. The molecular weight excluding hydrogens is 390 g/mol. The van der Waals surface area contributed by atoms with E-state index in [0.29, 0.717) is 12.3 Å². The number of fused-ring (bicyclic) bond motifs is 3. The lowest BCUT2D eigenvalue weighted by molar-refractivity contribution is 0.0883. The van der Waals surface area contributed by atoms with E-state index < -0.39 is 14.2 Å². The summed E-state index contributed by atoms with van der Waals surface area (Å²) in [6.45, 7) is 8.32. The van der Waals surface area contributed by atoms with Crippen LogP contribution in [0.3, 0.4) is 0 Å². The van der Waals surface area contributed by atoms with Gasteiger partial charge in [0.05, 0.1) is 5.52 Å². The highest BCUT2D eigenvalue weighted by atomic mass is 28.3. The van der Waals surface area contributed by atoms with E-state index in [9.17, 15) is 9.90 Å². The second-order valence-corrected chi connectivity index (χ2v) is 15.1. The van der Waals surface area contributed by atoms with Crippen LogP contribution in [0.4, 0.5) is 0 Å². The first-order valence-electron chi connectivity index (χ1n) is 10.8. The fourth-order valence-corrected chi connectivity index (χ4v) is 5.19. The molecule has 0 bridgehead atoms. The number of carbonyl (C=O) groups excluding carboxylic acids is 1. The van der Waals surface area contributed by atoms with Gasteiger partial charge in [-0.2, -0.15) is 0 Å². The fraction of sp³-hybridized carbons (Fsp3) is 0.400. The number of benzene rings is 2. The zero-order valence-corrected chi connectivity index (χ0v) is 19.1. The lowest BCUT2D eigenvalue weighted by Gasteiger charge is -2.19. The van der Waals surface area contributed by atoms with Gasteiger partial charge in [-0.05, 0) is 48.6 Å². The third-order valence-corrected chi connectivity index (χ3v) is 7.74. The van der Waals surface area contributed by atoms with E-state index in [4.69, 9.17) is 4.74 Å². The molecule has 1 aliphatic carbocycles. The lowest BCUT2D eigenvalue weighted by atomic mass is 9.96. The second-order valence-electron chi connectivity index (χ2n) is 9.49. The van der Waals surface area contributed by atoms with Gasteiger partial charge in [-0.25, -0.2) is 0 Å². The quantitative estimate of drug-likeness (QED) is 0.304. The molecule has 1 unspecified atom stereocenters. The molecule has 2 aromatic carbocycles. The van der Waals surface area contributed by atoms with Crippen molar-refractivity contribution in [3.8, 4) is 0 Å². The molecule has 1 atom stereocenters. The monoisotopic (exact) mass is 421 g/mol. The van der Waals surface area contributed by atoms with Gasteiger partial charge in [0.25, 0.3) is 0 Å². The number of carbonyl (C=O) groups is 1. The summed E-state index contributed by atoms with van der Waals surface area (Å²) >= 11 is 0. The van der Waals surface area contributed by atoms with E-state index in [-0.39, 0.29) is 0 Å². The van der Waals surface area contributed by atoms with Gasteiger partial charge < -0.3 is 14.4 Å². The molecule has 1 N–H and O–H groups in total. The third kappa shape index (κ3) is 4.15. The average Bonchev–Trinajstić information content (AvgIpc) is 3.32. The molecule has 1 aromatic heterocycles. The summed E-state index contributed by atoms with van der Waals surface area (Å²) in [5.74, 6) is 0. The van der Waals surface area contributed by atoms with Crippen molar-refractivity contribution in [1.29, 1.82) is 0 Å². The topological polar surface area (TPSA) is 51.5 Å². The Morgan fingerprint density at radius 1 is 1.17 bits per heavy atom. The van der Waals surface area contributed by atoms with Crippen LogP contribution in [0.1, 0.15) is 45.3 Å². The van der Waals surface area contributed by atoms with E-state index >= 15 is 0 Å².